The molecule has 21 heavy (non-hydrogen) atoms. The zero-order valence-corrected chi connectivity index (χ0v) is 12.9. The number of carbonyl (C=O) groups excluding carboxylic acids is 1. The van der Waals surface area contributed by atoms with E-state index in [0.29, 0.717) is 15.8 Å². The van der Waals surface area contributed by atoms with Crippen LogP contribution < -0.4 is 15.8 Å². The van der Waals surface area contributed by atoms with Gasteiger partial charge in [-0.25, -0.2) is 4.39 Å². The Morgan fingerprint density at radius 3 is 2.81 bits per heavy atom. The molecule has 0 bridgehead atoms. The first-order valence-corrected chi connectivity index (χ1v) is 6.99. The monoisotopic (exact) mass is 352 g/mol. The maximum Gasteiger partial charge on any atom is 0.262 e. The number of carbonyl (C=O) groups is 1. The van der Waals surface area contributed by atoms with Gasteiger partial charge in [0.05, 0.1) is 11.4 Å². The van der Waals surface area contributed by atoms with E-state index in [9.17, 15) is 9.18 Å². The fourth-order valence-corrected chi connectivity index (χ4v) is 2.24. The minimum atomic E-state index is -0.442. The van der Waals surface area contributed by atoms with Gasteiger partial charge in [0.2, 0.25) is 0 Å². The molecule has 110 valence electrons. The van der Waals surface area contributed by atoms with Gasteiger partial charge >= 0.3 is 0 Å². The van der Waals surface area contributed by atoms with Crippen LogP contribution in [0.4, 0.5) is 15.8 Å². The van der Waals surface area contributed by atoms with Gasteiger partial charge < -0.3 is 15.8 Å². The maximum absolute atomic E-state index is 13.2. The molecule has 6 heteroatoms. The van der Waals surface area contributed by atoms with Crippen molar-refractivity contribution in [2.24, 2.45) is 0 Å². The Bertz CT molecular complexity index is 636. The smallest absolute Gasteiger partial charge is 0.262 e. The van der Waals surface area contributed by atoms with E-state index in [0.717, 1.165) is 5.56 Å². The third-order valence-corrected chi connectivity index (χ3v) is 3.23. The van der Waals surface area contributed by atoms with Crippen molar-refractivity contribution in [3.63, 3.8) is 0 Å². The van der Waals surface area contributed by atoms with Gasteiger partial charge in [-0.05, 0) is 30.7 Å². The van der Waals surface area contributed by atoms with Crippen molar-refractivity contribution < 1.29 is 13.9 Å². The van der Waals surface area contributed by atoms with Crippen LogP contribution in [-0.2, 0) is 4.79 Å². The van der Waals surface area contributed by atoms with Crippen molar-refractivity contribution in [1.82, 2.24) is 0 Å². The first-order valence-electron chi connectivity index (χ1n) is 6.19. The summed E-state index contributed by atoms with van der Waals surface area (Å²) in [6.07, 6.45) is 0. The Morgan fingerprint density at radius 1 is 1.38 bits per heavy atom. The van der Waals surface area contributed by atoms with Gasteiger partial charge in [0.25, 0.3) is 5.91 Å². The van der Waals surface area contributed by atoms with Crippen LogP contribution in [0.3, 0.4) is 0 Å². The number of amides is 1. The Morgan fingerprint density at radius 2 is 2.14 bits per heavy atom. The molecule has 0 atom stereocenters. The largest absolute Gasteiger partial charge is 0.484 e. The number of hydrogen-bond acceptors (Lipinski definition) is 3. The van der Waals surface area contributed by atoms with E-state index >= 15 is 0 Å². The van der Waals surface area contributed by atoms with Gasteiger partial charge in [0, 0.05) is 10.5 Å². The summed E-state index contributed by atoms with van der Waals surface area (Å²) < 4.78 is 19.0. The van der Waals surface area contributed by atoms with Crippen LogP contribution in [0, 0.1) is 12.7 Å². The zero-order chi connectivity index (χ0) is 15.4. The lowest BCUT2D eigenvalue weighted by atomic mass is 10.1. The van der Waals surface area contributed by atoms with Crippen molar-refractivity contribution in [3.05, 3.63) is 52.3 Å². The van der Waals surface area contributed by atoms with E-state index < -0.39 is 5.82 Å². The van der Waals surface area contributed by atoms with Crippen molar-refractivity contribution in [3.8, 4) is 5.75 Å². The molecular weight excluding hydrogens is 339 g/mol. The highest BCUT2D eigenvalue weighted by atomic mass is 79.9. The summed E-state index contributed by atoms with van der Waals surface area (Å²) in [6, 6.07) is 9.45. The highest BCUT2D eigenvalue weighted by molar-refractivity contribution is 9.10. The Labute approximate surface area is 130 Å². The normalized spacial score (nSPS) is 10.2. The number of para-hydroxylation sites is 1. The second kappa shape index (κ2) is 6.58. The third kappa shape index (κ3) is 4.19. The molecule has 0 aromatic heterocycles. The molecule has 0 aliphatic carbocycles. The molecule has 0 radical (unpaired) electrons. The summed E-state index contributed by atoms with van der Waals surface area (Å²) in [6.45, 7) is 1.61. The van der Waals surface area contributed by atoms with Gasteiger partial charge in [-0.15, -0.1) is 0 Å². The fourth-order valence-electron chi connectivity index (χ4n) is 1.80. The number of halogens is 2. The van der Waals surface area contributed by atoms with Gasteiger partial charge in [-0.1, -0.05) is 28.1 Å². The first kappa shape index (κ1) is 15.3. The summed E-state index contributed by atoms with van der Waals surface area (Å²) in [4.78, 5) is 11.9. The molecule has 0 saturated carbocycles. The molecule has 0 aliphatic heterocycles. The third-order valence-electron chi connectivity index (χ3n) is 2.78. The van der Waals surface area contributed by atoms with Crippen LogP contribution in [-0.4, -0.2) is 12.5 Å². The lowest BCUT2D eigenvalue weighted by Crippen LogP contribution is -2.21. The molecule has 0 aliphatic rings. The van der Waals surface area contributed by atoms with E-state index in [4.69, 9.17) is 10.5 Å². The SMILES string of the molecule is Cc1cccc(N)c1NC(=O)COc1cc(F)cc(Br)c1. The predicted octanol–water partition coefficient (Wildman–Crippen LogP) is 3.50. The summed E-state index contributed by atoms with van der Waals surface area (Å²) in [5.41, 5.74) is 7.71. The molecule has 0 spiro atoms. The molecule has 0 fully saturated rings. The summed E-state index contributed by atoms with van der Waals surface area (Å²) in [5.74, 6) is -0.533. The molecule has 2 rings (SSSR count). The van der Waals surface area contributed by atoms with E-state index in [1.54, 1.807) is 18.2 Å². The summed E-state index contributed by atoms with van der Waals surface area (Å²) in [5, 5.41) is 2.68. The van der Waals surface area contributed by atoms with Crippen molar-refractivity contribution in [1.29, 1.82) is 0 Å². The standard InChI is InChI=1S/C15H14BrFN2O2/c1-9-3-2-4-13(18)15(9)19-14(20)8-21-12-6-10(16)5-11(17)7-12/h2-7H,8,18H2,1H3,(H,19,20). The number of nitrogens with one attached hydrogen (secondary N) is 1. The Kier molecular flexibility index (Phi) is 4.80. The number of hydrogen-bond donors (Lipinski definition) is 2. The van der Waals surface area contributed by atoms with Crippen LogP contribution in [0.25, 0.3) is 0 Å². The number of aryl methyl sites for hydroxylation is 1. The first-order chi connectivity index (χ1) is 9.95. The number of ether oxygens (including phenoxy) is 1. The Hall–Kier alpha value is -2.08. The van der Waals surface area contributed by atoms with E-state index in [-0.39, 0.29) is 18.3 Å². The van der Waals surface area contributed by atoms with Crippen molar-refractivity contribution in [2.75, 3.05) is 17.7 Å². The molecule has 2 aromatic rings. The van der Waals surface area contributed by atoms with Crippen LogP contribution >= 0.6 is 15.9 Å². The van der Waals surface area contributed by atoms with E-state index in [1.807, 2.05) is 13.0 Å². The van der Waals surface area contributed by atoms with E-state index in [2.05, 4.69) is 21.2 Å². The van der Waals surface area contributed by atoms with Crippen LogP contribution in [0.15, 0.2) is 40.9 Å². The molecule has 1 amide bonds. The average molecular weight is 353 g/mol. The predicted molar refractivity (Wildman–Crippen MR) is 83.8 cm³/mol. The summed E-state index contributed by atoms with van der Waals surface area (Å²) in [7, 11) is 0. The van der Waals surface area contributed by atoms with Gasteiger partial charge in [0.15, 0.2) is 6.61 Å². The summed E-state index contributed by atoms with van der Waals surface area (Å²) >= 11 is 3.16. The molecule has 0 unspecified atom stereocenters. The second-order valence-corrected chi connectivity index (χ2v) is 5.40. The quantitative estimate of drug-likeness (QED) is 0.827. The van der Waals surface area contributed by atoms with Crippen LogP contribution in [0.1, 0.15) is 5.56 Å². The van der Waals surface area contributed by atoms with Gasteiger partial charge in [-0.2, -0.15) is 0 Å². The van der Waals surface area contributed by atoms with Crippen molar-refractivity contribution >= 4 is 33.2 Å². The van der Waals surface area contributed by atoms with Crippen LogP contribution in [0.2, 0.25) is 0 Å². The van der Waals surface area contributed by atoms with Crippen LogP contribution in [0.5, 0.6) is 5.75 Å². The van der Waals surface area contributed by atoms with Crippen molar-refractivity contribution in [2.45, 2.75) is 6.92 Å². The second-order valence-electron chi connectivity index (χ2n) is 4.48. The average Bonchev–Trinajstić information content (AvgIpc) is 2.40. The number of rotatable bonds is 4. The fraction of sp³-hybridized carbons (Fsp3) is 0.133. The number of nitrogens with two attached hydrogens (primary N) is 1. The molecule has 2 aromatic carbocycles. The highest BCUT2D eigenvalue weighted by Gasteiger charge is 2.09. The highest BCUT2D eigenvalue weighted by Crippen LogP contribution is 2.23. The molecule has 4 nitrogen and oxygen atoms in total. The topological polar surface area (TPSA) is 64.3 Å². The lowest BCUT2D eigenvalue weighted by Gasteiger charge is -2.12. The lowest BCUT2D eigenvalue weighted by molar-refractivity contribution is -0.118. The van der Waals surface area contributed by atoms with E-state index in [1.165, 1.54) is 12.1 Å². The number of anilines is 2. The van der Waals surface area contributed by atoms with Gasteiger partial charge in [-0.3, -0.25) is 4.79 Å². The molecule has 0 saturated heterocycles. The number of benzene rings is 2. The zero-order valence-electron chi connectivity index (χ0n) is 11.3. The molecular formula is C15H14BrFN2O2. The Balaban J connectivity index is 1.99. The van der Waals surface area contributed by atoms with Gasteiger partial charge in [0.1, 0.15) is 11.6 Å². The minimum Gasteiger partial charge on any atom is -0.484 e. The molecule has 3 N–H and O–H groups in total. The minimum absolute atomic E-state index is 0.232. The number of nitrogen functional groups attached to an aromatic ring is 1. The maximum atomic E-state index is 13.2. The molecule has 0 heterocycles.